The molecule has 0 aliphatic rings. The number of anilines is 1. The first kappa shape index (κ1) is 12.9. The molecule has 1 unspecified atom stereocenters. The van der Waals surface area contributed by atoms with Crippen molar-refractivity contribution in [2.24, 2.45) is 5.84 Å². The van der Waals surface area contributed by atoms with Gasteiger partial charge in [-0.05, 0) is 35.9 Å². The first-order valence-corrected chi connectivity index (χ1v) is 6.87. The summed E-state index contributed by atoms with van der Waals surface area (Å²) >= 11 is 10.8. The molecule has 2 aromatic rings. The summed E-state index contributed by atoms with van der Waals surface area (Å²) < 4.78 is 1.69. The molecule has 0 spiro atoms. The highest BCUT2D eigenvalue weighted by Crippen LogP contribution is 2.34. The number of thiophene rings is 1. The molecule has 0 amide bonds. The Hall–Kier alpha value is -0.590. The summed E-state index contributed by atoms with van der Waals surface area (Å²) in [6, 6.07) is 9.34. The first-order chi connectivity index (χ1) is 8.11. The average Bonchev–Trinajstić information content (AvgIpc) is 2.71. The highest BCUT2D eigenvalue weighted by atomic mass is 79.9. The van der Waals surface area contributed by atoms with E-state index in [0.29, 0.717) is 5.69 Å². The molecule has 1 aromatic carbocycles. The molecule has 0 bridgehead atoms. The Labute approximate surface area is 117 Å². The van der Waals surface area contributed by atoms with Crippen LogP contribution in [0.25, 0.3) is 0 Å². The molecule has 6 heteroatoms. The summed E-state index contributed by atoms with van der Waals surface area (Å²) in [4.78, 5) is 1.03. The Bertz CT molecular complexity index is 529. The quantitative estimate of drug-likeness (QED) is 0.459. The van der Waals surface area contributed by atoms with Crippen LogP contribution in [0.5, 0.6) is 0 Å². The maximum absolute atomic E-state index is 5.97. The Morgan fingerprint density at radius 1 is 1.29 bits per heavy atom. The zero-order chi connectivity index (χ0) is 12.4. The normalized spacial score (nSPS) is 12.6. The van der Waals surface area contributed by atoms with Gasteiger partial charge in [0.15, 0.2) is 0 Å². The zero-order valence-electron chi connectivity index (χ0n) is 8.78. The Morgan fingerprint density at radius 2 is 2.06 bits per heavy atom. The number of benzene rings is 1. The van der Waals surface area contributed by atoms with Crippen molar-refractivity contribution in [3.8, 4) is 0 Å². The number of halogens is 2. The van der Waals surface area contributed by atoms with Gasteiger partial charge in [-0.25, -0.2) is 5.43 Å². The minimum absolute atomic E-state index is 0.148. The maximum Gasteiger partial charge on any atom is 0.0931 e. The largest absolute Gasteiger partial charge is 0.398 e. The lowest BCUT2D eigenvalue weighted by atomic mass is 10.0. The number of rotatable bonds is 3. The van der Waals surface area contributed by atoms with E-state index < -0.39 is 0 Å². The summed E-state index contributed by atoms with van der Waals surface area (Å²) in [7, 11) is 0. The van der Waals surface area contributed by atoms with Crippen LogP contribution in [-0.2, 0) is 0 Å². The second kappa shape index (κ2) is 5.37. The topological polar surface area (TPSA) is 64.1 Å². The minimum atomic E-state index is -0.148. The van der Waals surface area contributed by atoms with Crippen LogP contribution in [0.1, 0.15) is 16.5 Å². The van der Waals surface area contributed by atoms with Crippen LogP contribution in [0, 0.1) is 0 Å². The van der Waals surface area contributed by atoms with E-state index in [-0.39, 0.29) is 6.04 Å². The second-order valence-corrected chi connectivity index (χ2v) is 6.18. The summed E-state index contributed by atoms with van der Waals surface area (Å²) in [5, 5.41) is 0. The van der Waals surface area contributed by atoms with Crippen molar-refractivity contribution in [2.45, 2.75) is 6.04 Å². The molecule has 2 rings (SSSR count). The molecule has 17 heavy (non-hydrogen) atoms. The first-order valence-electron chi connectivity index (χ1n) is 4.88. The van der Waals surface area contributed by atoms with Gasteiger partial charge in [0.2, 0.25) is 0 Å². The molecular weight excluding hydrogens is 322 g/mol. The molecule has 0 aliphatic heterocycles. The van der Waals surface area contributed by atoms with E-state index in [1.54, 1.807) is 0 Å². The fourth-order valence-corrected chi connectivity index (χ4v) is 3.12. The third-order valence-corrected chi connectivity index (χ3v) is 4.19. The van der Waals surface area contributed by atoms with Crippen molar-refractivity contribution in [1.82, 2.24) is 5.43 Å². The van der Waals surface area contributed by atoms with Crippen LogP contribution in [0.3, 0.4) is 0 Å². The van der Waals surface area contributed by atoms with Crippen molar-refractivity contribution >= 4 is 44.6 Å². The van der Waals surface area contributed by atoms with Crippen LogP contribution in [0.2, 0.25) is 4.34 Å². The summed E-state index contributed by atoms with van der Waals surface area (Å²) in [5.74, 6) is 5.61. The maximum atomic E-state index is 5.97. The van der Waals surface area contributed by atoms with Crippen LogP contribution in [0.4, 0.5) is 5.69 Å². The van der Waals surface area contributed by atoms with Gasteiger partial charge in [-0.15, -0.1) is 11.3 Å². The van der Waals surface area contributed by atoms with Gasteiger partial charge in [-0.1, -0.05) is 27.5 Å². The molecule has 90 valence electrons. The third-order valence-electron chi connectivity index (χ3n) is 2.41. The van der Waals surface area contributed by atoms with Gasteiger partial charge in [0.1, 0.15) is 0 Å². The van der Waals surface area contributed by atoms with Crippen LogP contribution >= 0.6 is 38.9 Å². The monoisotopic (exact) mass is 331 g/mol. The van der Waals surface area contributed by atoms with Crippen molar-refractivity contribution in [3.05, 3.63) is 49.6 Å². The number of hydrazine groups is 1. The van der Waals surface area contributed by atoms with E-state index in [1.165, 1.54) is 11.3 Å². The van der Waals surface area contributed by atoms with E-state index in [9.17, 15) is 0 Å². The van der Waals surface area contributed by atoms with Gasteiger partial charge in [0, 0.05) is 15.0 Å². The standard InChI is InChI=1S/C11H11BrClN3S/c12-6-1-2-8(14)7(5-6)11(16-15)9-3-4-10(13)17-9/h1-5,11,16H,14-15H2. The number of nitrogens with two attached hydrogens (primary N) is 2. The Balaban J connectivity index is 2.45. The number of hydrogen-bond acceptors (Lipinski definition) is 4. The molecule has 1 atom stereocenters. The molecule has 0 aliphatic carbocycles. The van der Waals surface area contributed by atoms with E-state index in [1.807, 2.05) is 30.3 Å². The minimum Gasteiger partial charge on any atom is -0.398 e. The van der Waals surface area contributed by atoms with Crippen LogP contribution in [-0.4, -0.2) is 0 Å². The fourth-order valence-electron chi connectivity index (χ4n) is 1.60. The zero-order valence-corrected chi connectivity index (χ0v) is 11.9. The second-order valence-electron chi connectivity index (χ2n) is 3.51. The molecule has 0 radical (unpaired) electrons. The van der Waals surface area contributed by atoms with Crippen LogP contribution < -0.4 is 17.0 Å². The smallest absolute Gasteiger partial charge is 0.0931 e. The van der Waals surface area contributed by atoms with Crippen molar-refractivity contribution < 1.29 is 0 Å². The lowest BCUT2D eigenvalue weighted by molar-refractivity contribution is 0.648. The predicted molar refractivity (Wildman–Crippen MR) is 77.0 cm³/mol. The highest BCUT2D eigenvalue weighted by Gasteiger charge is 2.17. The van der Waals surface area contributed by atoms with E-state index in [2.05, 4.69) is 21.4 Å². The van der Waals surface area contributed by atoms with Crippen molar-refractivity contribution in [2.75, 3.05) is 5.73 Å². The van der Waals surface area contributed by atoms with Gasteiger partial charge in [0.05, 0.1) is 10.4 Å². The number of hydrogen-bond donors (Lipinski definition) is 3. The van der Waals surface area contributed by atoms with Gasteiger partial charge >= 0.3 is 0 Å². The van der Waals surface area contributed by atoms with Gasteiger partial charge in [0.25, 0.3) is 0 Å². The fraction of sp³-hybridized carbons (Fsp3) is 0.0909. The van der Waals surface area contributed by atoms with E-state index in [0.717, 1.165) is 19.2 Å². The molecule has 0 saturated heterocycles. The number of nitrogen functional groups attached to an aromatic ring is 1. The summed E-state index contributed by atoms with van der Waals surface area (Å²) in [6.45, 7) is 0. The van der Waals surface area contributed by atoms with E-state index >= 15 is 0 Å². The lowest BCUT2D eigenvalue weighted by Crippen LogP contribution is -2.28. The van der Waals surface area contributed by atoms with Gasteiger partial charge in [-0.3, -0.25) is 5.84 Å². The third kappa shape index (κ3) is 2.81. The molecule has 1 aromatic heterocycles. The predicted octanol–water partition coefficient (Wildman–Crippen LogP) is 3.30. The molecule has 0 saturated carbocycles. The average molecular weight is 333 g/mol. The molecule has 5 N–H and O–H groups in total. The summed E-state index contributed by atoms with van der Waals surface area (Å²) in [5.41, 5.74) is 10.4. The SMILES string of the molecule is NNC(c1ccc(Cl)s1)c1cc(Br)ccc1N. The Morgan fingerprint density at radius 3 is 2.65 bits per heavy atom. The number of nitrogens with one attached hydrogen (secondary N) is 1. The molecule has 1 heterocycles. The molecular formula is C11H11BrClN3S. The van der Waals surface area contributed by atoms with E-state index in [4.69, 9.17) is 23.2 Å². The van der Waals surface area contributed by atoms with Gasteiger partial charge < -0.3 is 5.73 Å². The Kier molecular flexibility index (Phi) is 4.06. The van der Waals surface area contributed by atoms with Crippen molar-refractivity contribution in [1.29, 1.82) is 0 Å². The van der Waals surface area contributed by atoms with Crippen molar-refractivity contribution in [3.63, 3.8) is 0 Å². The lowest BCUT2D eigenvalue weighted by Gasteiger charge is -2.17. The van der Waals surface area contributed by atoms with Gasteiger partial charge in [-0.2, -0.15) is 0 Å². The molecule has 3 nitrogen and oxygen atoms in total. The van der Waals surface area contributed by atoms with Crippen LogP contribution in [0.15, 0.2) is 34.8 Å². The summed E-state index contributed by atoms with van der Waals surface area (Å²) in [6.07, 6.45) is 0. The highest BCUT2D eigenvalue weighted by molar-refractivity contribution is 9.10. The molecule has 0 fully saturated rings.